The molecule has 1 aliphatic rings. The number of nitrogens with one attached hydrogen (secondary N) is 1. The molecular weight excluding hydrogens is 452 g/mol. The molecule has 1 saturated heterocycles. The SMILES string of the molecule is CCN(CC)C(=O)c1ccc(S(=O)(=O)N2CCC(C(=O)Nc3ccc(Cl)cn3)CC2)cc1. The number of aromatic nitrogens is 1. The molecule has 1 N–H and O–H groups in total. The van der Waals surface area contributed by atoms with Gasteiger partial charge in [0.1, 0.15) is 5.82 Å². The van der Waals surface area contributed by atoms with Crippen molar-refractivity contribution < 1.29 is 18.0 Å². The number of sulfonamides is 1. The lowest BCUT2D eigenvalue weighted by atomic mass is 9.97. The number of pyridine rings is 1. The van der Waals surface area contributed by atoms with Crippen molar-refractivity contribution in [2.75, 3.05) is 31.5 Å². The molecule has 32 heavy (non-hydrogen) atoms. The number of carbonyl (C=O) groups excluding carboxylic acids is 2. The predicted octanol–water partition coefficient (Wildman–Crippen LogP) is 3.26. The lowest BCUT2D eigenvalue weighted by Gasteiger charge is -2.30. The summed E-state index contributed by atoms with van der Waals surface area (Å²) in [7, 11) is -3.70. The van der Waals surface area contributed by atoms with Crippen LogP contribution >= 0.6 is 11.6 Å². The number of carbonyl (C=O) groups is 2. The topological polar surface area (TPSA) is 99.7 Å². The molecule has 1 aromatic heterocycles. The highest BCUT2D eigenvalue weighted by Gasteiger charge is 2.32. The molecule has 0 radical (unpaired) electrons. The molecule has 0 aliphatic carbocycles. The van der Waals surface area contributed by atoms with Crippen molar-refractivity contribution in [1.29, 1.82) is 0 Å². The normalized spacial score (nSPS) is 15.3. The second-order valence-electron chi connectivity index (χ2n) is 7.53. The maximum atomic E-state index is 13.0. The van der Waals surface area contributed by atoms with E-state index in [1.165, 1.54) is 22.6 Å². The lowest BCUT2D eigenvalue weighted by Crippen LogP contribution is -2.41. The average Bonchev–Trinajstić information content (AvgIpc) is 2.81. The van der Waals surface area contributed by atoms with Crippen LogP contribution in [0.4, 0.5) is 5.82 Å². The Labute approximate surface area is 193 Å². The summed E-state index contributed by atoms with van der Waals surface area (Å²) in [6, 6.07) is 9.29. The van der Waals surface area contributed by atoms with Crippen LogP contribution in [0.15, 0.2) is 47.5 Å². The fourth-order valence-electron chi connectivity index (χ4n) is 3.65. The van der Waals surface area contributed by atoms with E-state index in [0.29, 0.717) is 42.3 Å². The van der Waals surface area contributed by atoms with Crippen LogP contribution in [0.3, 0.4) is 0 Å². The summed E-state index contributed by atoms with van der Waals surface area (Å²) >= 11 is 5.80. The van der Waals surface area contributed by atoms with Crippen LogP contribution in [0.1, 0.15) is 37.0 Å². The molecule has 0 atom stereocenters. The number of halogens is 1. The molecule has 0 saturated carbocycles. The maximum absolute atomic E-state index is 13.0. The lowest BCUT2D eigenvalue weighted by molar-refractivity contribution is -0.120. The first-order valence-corrected chi connectivity index (χ1v) is 12.4. The first-order chi connectivity index (χ1) is 15.3. The smallest absolute Gasteiger partial charge is 0.253 e. The standard InChI is InChI=1S/C22H27ClN4O4S/c1-3-26(4-2)22(29)17-5-8-19(9-6-17)32(30,31)27-13-11-16(12-14-27)21(28)25-20-10-7-18(23)15-24-20/h5-10,15-16H,3-4,11-14H2,1-2H3,(H,24,25,28). The predicted molar refractivity (Wildman–Crippen MR) is 123 cm³/mol. The van der Waals surface area contributed by atoms with Gasteiger partial charge in [-0.15, -0.1) is 0 Å². The minimum absolute atomic E-state index is 0.124. The Kier molecular flexibility index (Phi) is 7.86. The Morgan fingerprint density at radius 1 is 1.09 bits per heavy atom. The van der Waals surface area contributed by atoms with Gasteiger partial charge in [-0.25, -0.2) is 13.4 Å². The van der Waals surface area contributed by atoms with Gasteiger partial charge >= 0.3 is 0 Å². The van der Waals surface area contributed by atoms with Crippen molar-refractivity contribution in [3.63, 3.8) is 0 Å². The molecule has 2 heterocycles. The Balaban J connectivity index is 1.61. The number of anilines is 1. The zero-order valence-corrected chi connectivity index (χ0v) is 19.7. The molecule has 172 valence electrons. The third-order valence-corrected chi connectivity index (χ3v) is 7.73. The molecule has 3 rings (SSSR count). The fraction of sp³-hybridized carbons (Fsp3) is 0.409. The van der Waals surface area contributed by atoms with Crippen LogP contribution in [-0.4, -0.2) is 60.6 Å². The third kappa shape index (κ3) is 5.46. The second-order valence-corrected chi connectivity index (χ2v) is 9.91. The molecule has 2 aromatic rings. The van der Waals surface area contributed by atoms with Gasteiger partial charge in [-0.1, -0.05) is 11.6 Å². The van der Waals surface area contributed by atoms with E-state index in [2.05, 4.69) is 10.3 Å². The van der Waals surface area contributed by atoms with Crippen molar-refractivity contribution in [2.45, 2.75) is 31.6 Å². The quantitative estimate of drug-likeness (QED) is 0.658. The highest BCUT2D eigenvalue weighted by molar-refractivity contribution is 7.89. The zero-order valence-electron chi connectivity index (χ0n) is 18.1. The Morgan fingerprint density at radius 2 is 1.72 bits per heavy atom. The number of hydrogen-bond donors (Lipinski definition) is 1. The minimum atomic E-state index is -3.70. The monoisotopic (exact) mass is 478 g/mol. The van der Waals surface area contributed by atoms with Crippen LogP contribution in [0.5, 0.6) is 0 Å². The summed E-state index contributed by atoms with van der Waals surface area (Å²) in [5.41, 5.74) is 0.457. The van der Waals surface area contributed by atoms with E-state index in [4.69, 9.17) is 11.6 Å². The van der Waals surface area contributed by atoms with Crippen molar-refractivity contribution in [2.24, 2.45) is 5.92 Å². The first-order valence-electron chi connectivity index (χ1n) is 10.6. The molecule has 2 amide bonds. The molecule has 10 heteroatoms. The Morgan fingerprint density at radius 3 is 2.25 bits per heavy atom. The van der Waals surface area contributed by atoms with E-state index in [-0.39, 0.29) is 35.7 Å². The molecule has 0 spiro atoms. The average molecular weight is 479 g/mol. The molecule has 0 bridgehead atoms. The summed E-state index contributed by atoms with van der Waals surface area (Å²) in [6.45, 7) is 5.47. The molecule has 0 unspecified atom stereocenters. The number of nitrogens with zero attached hydrogens (tertiary/aromatic N) is 3. The summed E-state index contributed by atoms with van der Waals surface area (Å²) in [5.74, 6) is -0.195. The fourth-order valence-corrected chi connectivity index (χ4v) is 5.23. The van der Waals surface area contributed by atoms with Crippen LogP contribution in [0.25, 0.3) is 0 Å². The van der Waals surface area contributed by atoms with Gasteiger partial charge in [0.15, 0.2) is 0 Å². The van der Waals surface area contributed by atoms with Gasteiger partial charge in [0.05, 0.1) is 9.92 Å². The van der Waals surface area contributed by atoms with E-state index in [9.17, 15) is 18.0 Å². The number of benzene rings is 1. The third-order valence-electron chi connectivity index (χ3n) is 5.59. The van der Waals surface area contributed by atoms with Crippen LogP contribution < -0.4 is 5.32 Å². The van der Waals surface area contributed by atoms with E-state index in [1.807, 2.05) is 13.8 Å². The first kappa shape index (κ1) is 24.2. The summed E-state index contributed by atoms with van der Waals surface area (Å²) in [5, 5.41) is 3.23. The van der Waals surface area contributed by atoms with Gasteiger partial charge < -0.3 is 10.2 Å². The number of piperidine rings is 1. The molecular formula is C22H27ClN4O4S. The Hall–Kier alpha value is -2.49. The van der Waals surface area contributed by atoms with Gasteiger partial charge in [0.25, 0.3) is 5.91 Å². The second kappa shape index (κ2) is 10.4. The number of rotatable bonds is 7. The summed E-state index contributed by atoms with van der Waals surface area (Å²) < 4.78 is 27.4. The van der Waals surface area contributed by atoms with Crippen LogP contribution in [0, 0.1) is 5.92 Å². The van der Waals surface area contributed by atoms with Gasteiger partial charge in [-0.2, -0.15) is 4.31 Å². The molecule has 1 aliphatic heterocycles. The largest absolute Gasteiger partial charge is 0.339 e. The van der Waals surface area contributed by atoms with Crippen molar-refractivity contribution in [3.8, 4) is 0 Å². The van der Waals surface area contributed by atoms with Crippen LogP contribution in [-0.2, 0) is 14.8 Å². The van der Waals surface area contributed by atoms with Crippen molar-refractivity contribution >= 4 is 39.3 Å². The van der Waals surface area contributed by atoms with Crippen molar-refractivity contribution in [1.82, 2.24) is 14.2 Å². The van der Waals surface area contributed by atoms with Gasteiger partial charge in [-0.05, 0) is 63.1 Å². The van der Waals surface area contributed by atoms with E-state index < -0.39 is 10.0 Å². The highest BCUT2D eigenvalue weighted by atomic mass is 35.5. The minimum Gasteiger partial charge on any atom is -0.339 e. The zero-order chi connectivity index (χ0) is 23.3. The van der Waals surface area contributed by atoms with Crippen molar-refractivity contribution in [3.05, 3.63) is 53.2 Å². The summed E-state index contributed by atoms with van der Waals surface area (Å²) in [6.07, 6.45) is 2.28. The van der Waals surface area contributed by atoms with Gasteiger partial charge in [0.2, 0.25) is 15.9 Å². The molecule has 8 nitrogen and oxygen atoms in total. The Bertz CT molecular complexity index is 1050. The number of hydrogen-bond acceptors (Lipinski definition) is 5. The van der Waals surface area contributed by atoms with Gasteiger partial charge in [-0.3, -0.25) is 9.59 Å². The van der Waals surface area contributed by atoms with E-state index >= 15 is 0 Å². The van der Waals surface area contributed by atoms with Gasteiger partial charge in [0, 0.05) is 43.9 Å². The molecule has 1 fully saturated rings. The van der Waals surface area contributed by atoms with Crippen LogP contribution in [0.2, 0.25) is 5.02 Å². The van der Waals surface area contributed by atoms with E-state index in [1.54, 1.807) is 29.2 Å². The number of amides is 2. The maximum Gasteiger partial charge on any atom is 0.253 e. The van der Waals surface area contributed by atoms with E-state index in [0.717, 1.165) is 0 Å². The summed E-state index contributed by atoms with van der Waals surface area (Å²) in [4.78, 5) is 30.8. The highest BCUT2D eigenvalue weighted by Crippen LogP contribution is 2.25. The molecule has 1 aromatic carbocycles.